The van der Waals surface area contributed by atoms with E-state index >= 15 is 0 Å². The molecule has 0 aromatic heterocycles. The normalized spacial score (nSPS) is 23.4. The molecule has 1 saturated heterocycles. The molecule has 36 heavy (non-hydrogen) atoms. The quantitative estimate of drug-likeness (QED) is 0.534. The molecule has 3 atom stereocenters. The minimum Gasteiger partial charge on any atom is -0.445 e. The van der Waals surface area contributed by atoms with Gasteiger partial charge in [0.05, 0.1) is 6.10 Å². The van der Waals surface area contributed by atoms with Gasteiger partial charge in [-0.2, -0.15) is 0 Å². The average molecular weight is 492 g/mol. The Labute approximate surface area is 208 Å². The van der Waals surface area contributed by atoms with E-state index in [1.54, 1.807) is 18.2 Å². The van der Waals surface area contributed by atoms with E-state index in [2.05, 4.69) is 10.6 Å². The molecule has 0 radical (unpaired) electrons. The summed E-state index contributed by atoms with van der Waals surface area (Å²) in [6, 6.07) is 12.5. The van der Waals surface area contributed by atoms with Crippen LogP contribution in [0.3, 0.4) is 0 Å². The second kappa shape index (κ2) is 10.1. The summed E-state index contributed by atoms with van der Waals surface area (Å²) in [5, 5.41) is 15.1. The molecule has 9 heteroatoms. The number of benzene rings is 2. The van der Waals surface area contributed by atoms with Crippen LogP contribution in [0.2, 0.25) is 0 Å². The highest BCUT2D eigenvalue weighted by Crippen LogP contribution is 2.34. The fraction of sp³-hybridized carbons (Fsp3) is 0.407. The van der Waals surface area contributed by atoms with Crippen molar-refractivity contribution in [2.45, 2.75) is 69.9 Å². The Morgan fingerprint density at radius 1 is 1.06 bits per heavy atom. The first-order chi connectivity index (χ1) is 17.4. The summed E-state index contributed by atoms with van der Waals surface area (Å²) in [7, 11) is 0. The molecule has 1 unspecified atom stereocenters. The number of rotatable bonds is 6. The van der Waals surface area contributed by atoms with Crippen molar-refractivity contribution in [2.75, 3.05) is 0 Å². The maximum absolute atomic E-state index is 12.9. The predicted molar refractivity (Wildman–Crippen MR) is 129 cm³/mol. The van der Waals surface area contributed by atoms with Gasteiger partial charge in [0.15, 0.2) is 0 Å². The van der Waals surface area contributed by atoms with E-state index < -0.39 is 18.0 Å². The fourth-order valence-electron chi connectivity index (χ4n) is 5.28. The lowest BCUT2D eigenvalue weighted by Gasteiger charge is -2.29. The van der Waals surface area contributed by atoms with Gasteiger partial charge in [-0.05, 0) is 47.6 Å². The van der Waals surface area contributed by atoms with Crippen LogP contribution < -0.4 is 10.6 Å². The third-order valence-electron chi connectivity index (χ3n) is 7.29. The van der Waals surface area contributed by atoms with Crippen LogP contribution in [-0.4, -0.2) is 46.0 Å². The highest BCUT2D eigenvalue weighted by Gasteiger charge is 2.39. The second-order valence-electron chi connectivity index (χ2n) is 9.67. The summed E-state index contributed by atoms with van der Waals surface area (Å²) in [5.74, 6) is -0.843. The van der Waals surface area contributed by atoms with Gasteiger partial charge in [-0.15, -0.1) is 0 Å². The molecule has 0 bridgehead atoms. The molecule has 188 valence electrons. The van der Waals surface area contributed by atoms with Crippen LogP contribution >= 0.6 is 0 Å². The standard InChI is InChI=1S/C27H29N3O6/c31-23-3-1-2-20(23)18-7-4-16(5-8-18)13-28-27(35)36-15-17-6-9-19-14-30(26(34)21(19)12-17)22-10-11-24(32)29-25(22)33/h4-9,12,20,22-23,31H,1-3,10-11,13-15H2,(H,28,35)(H,29,32,33)/t20-,22?,23+/m1/s1. The highest BCUT2D eigenvalue weighted by molar-refractivity contribution is 6.05. The third-order valence-corrected chi connectivity index (χ3v) is 7.29. The third kappa shape index (κ3) is 4.97. The highest BCUT2D eigenvalue weighted by atomic mass is 16.5. The molecule has 1 saturated carbocycles. The monoisotopic (exact) mass is 491 g/mol. The van der Waals surface area contributed by atoms with Crippen molar-refractivity contribution in [3.05, 3.63) is 70.3 Å². The first-order valence-corrected chi connectivity index (χ1v) is 12.3. The van der Waals surface area contributed by atoms with Crippen molar-refractivity contribution in [3.63, 3.8) is 0 Å². The zero-order valence-corrected chi connectivity index (χ0v) is 19.9. The summed E-state index contributed by atoms with van der Waals surface area (Å²) in [5.41, 5.74) is 4.00. The van der Waals surface area contributed by atoms with Crippen molar-refractivity contribution in [2.24, 2.45) is 0 Å². The first kappa shape index (κ1) is 24.0. The van der Waals surface area contributed by atoms with E-state index in [1.165, 1.54) is 4.90 Å². The lowest BCUT2D eigenvalue weighted by Crippen LogP contribution is -2.52. The van der Waals surface area contributed by atoms with Gasteiger partial charge in [0, 0.05) is 31.0 Å². The van der Waals surface area contributed by atoms with E-state index in [9.17, 15) is 24.3 Å². The maximum Gasteiger partial charge on any atom is 0.407 e. The van der Waals surface area contributed by atoms with Gasteiger partial charge >= 0.3 is 6.09 Å². The zero-order valence-electron chi connectivity index (χ0n) is 19.9. The molecule has 1 aliphatic carbocycles. The van der Waals surface area contributed by atoms with Gasteiger partial charge in [0.25, 0.3) is 5.91 Å². The molecular formula is C27H29N3O6. The number of amides is 4. The van der Waals surface area contributed by atoms with Crippen molar-refractivity contribution < 1.29 is 29.0 Å². The second-order valence-corrected chi connectivity index (χ2v) is 9.67. The summed E-state index contributed by atoms with van der Waals surface area (Å²) in [6.07, 6.45) is 2.55. The molecule has 2 fully saturated rings. The molecule has 4 amide bonds. The Bertz CT molecular complexity index is 1190. The van der Waals surface area contributed by atoms with Crippen molar-refractivity contribution in [3.8, 4) is 0 Å². The summed E-state index contributed by atoms with van der Waals surface area (Å²) in [6.45, 7) is 0.625. The Balaban J connectivity index is 1.12. The smallest absolute Gasteiger partial charge is 0.407 e. The van der Waals surface area contributed by atoms with E-state index in [0.29, 0.717) is 30.6 Å². The fourth-order valence-corrected chi connectivity index (χ4v) is 5.28. The van der Waals surface area contributed by atoms with Gasteiger partial charge in [-0.25, -0.2) is 4.79 Å². The van der Waals surface area contributed by atoms with Gasteiger partial charge in [0.2, 0.25) is 11.8 Å². The largest absolute Gasteiger partial charge is 0.445 e. The van der Waals surface area contributed by atoms with Crippen molar-refractivity contribution in [1.82, 2.24) is 15.5 Å². The Morgan fingerprint density at radius 2 is 1.83 bits per heavy atom. The van der Waals surface area contributed by atoms with E-state index in [4.69, 9.17) is 4.74 Å². The number of imide groups is 1. The Hall–Kier alpha value is -3.72. The van der Waals surface area contributed by atoms with Crippen LogP contribution in [0.1, 0.15) is 70.6 Å². The van der Waals surface area contributed by atoms with Crippen LogP contribution in [0.4, 0.5) is 4.79 Å². The molecule has 2 aliphatic heterocycles. The molecule has 2 heterocycles. The van der Waals surface area contributed by atoms with Crippen LogP contribution in [0, 0.1) is 0 Å². The van der Waals surface area contributed by atoms with Crippen LogP contribution in [0.15, 0.2) is 42.5 Å². The molecule has 9 nitrogen and oxygen atoms in total. The number of nitrogens with one attached hydrogen (secondary N) is 2. The summed E-state index contributed by atoms with van der Waals surface area (Å²) >= 11 is 0. The van der Waals surface area contributed by atoms with Gasteiger partial charge in [0.1, 0.15) is 12.6 Å². The van der Waals surface area contributed by atoms with Gasteiger partial charge in [-0.1, -0.05) is 42.8 Å². The molecule has 5 rings (SSSR count). The number of aliphatic hydroxyl groups excluding tert-OH is 1. The zero-order chi connectivity index (χ0) is 25.2. The molecule has 3 aliphatic rings. The van der Waals surface area contributed by atoms with E-state index in [0.717, 1.165) is 36.0 Å². The number of fused-ring (bicyclic) bond motifs is 1. The molecule has 2 aromatic rings. The number of carbonyl (C=O) groups is 4. The molecule has 2 aromatic carbocycles. The summed E-state index contributed by atoms with van der Waals surface area (Å²) in [4.78, 5) is 50.2. The van der Waals surface area contributed by atoms with Crippen LogP contribution in [0.25, 0.3) is 0 Å². The Morgan fingerprint density at radius 3 is 2.56 bits per heavy atom. The number of carbonyl (C=O) groups excluding carboxylic acids is 4. The van der Waals surface area contributed by atoms with Crippen molar-refractivity contribution >= 4 is 23.8 Å². The predicted octanol–water partition coefficient (Wildman–Crippen LogP) is 2.50. The maximum atomic E-state index is 12.9. The van der Waals surface area contributed by atoms with E-state index in [1.807, 2.05) is 24.3 Å². The average Bonchev–Trinajstić information content (AvgIpc) is 3.44. The van der Waals surface area contributed by atoms with Crippen LogP contribution in [0.5, 0.6) is 0 Å². The van der Waals surface area contributed by atoms with Crippen LogP contribution in [-0.2, 0) is 34.0 Å². The molecular weight excluding hydrogens is 462 g/mol. The number of ether oxygens (including phenoxy) is 1. The molecule has 0 spiro atoms. The SMILES string of the molecule is O=C1CCC(N2Cc3ccc(COC(=O)NCc4ccc([C@H]5CCC[C@@H]5O)cc4)cc3C2=O)C(=O)N1. The number of nitrogens with zero attached hydrogens (tertiary/aromatic N) is 1. The molecule has 3 N–H and O–H groups in total. The van der Waals surface area contributed by atoms with Crippen molar-refractivity contribution in [1.29, 1.82) is 0 Å². The van der Waals surface area contributed by atoms with Gasteiger partial charge in [-0.3, -0.25) is 19.7 Å². The first-order valence-electron chi connectivity index (χ1n) is 12.3. The topological polar surface area (TPSA) is 125 Å². The minimum absolute atomic E-state index is 0.00329. The number of piperidine rings is 1. The number of aliphatic hydroxyl groups is 1. The lowest BCUT2D eigenvalue weighted by atomic mass is 9.95. The summed E-state index contributed by atoms with van der Waals surface area (Å²) < 4.78 is 5.33. The number of hydrogen-bond donors (Lipinski definition) is 3. The van der Waals surface area contributed by atoms with Gasteiger partial charge < -0.3 is 20.1 Å². The Kier molecular flexibility index (Phi) is 6.73. The lowest BCUT2D eigenvalue weighted by molar-refractivity contribution is -0.136. The van der Waals surface area contributed by atoms with E-state index in [-0.39, 0.29) is 36.9 Å². The number of alkyl carbamates (subject to hydrolysis) is 1. The number of hydrogen-bond acceptors (Lipinski definition) is 6. The minimum atomic E-state index is -0.662.